The molecule has 2 rings (SSSR count). The van der Waals surface area contributed by atoms with Crippen molar-refractivity contribution in [3.63, 3.8) is 0 Å². The second-order valence-corrected chi connectivity index (χ2v) is 5.36. The monoisotopic (exact) mass is 345 g/mol. The molecule has 1 heterocycles. The molecule has 1 saturated heterocycles. The minimum atomic E-state index is -1.12. The smallest absolute Gasteiger partial charge is 0.326 e. The second kappa shape index (κ2) is 5.88. The van der Waals surface area contributed by atoms with Crippen LogP contribution in [0, 0.1) is 5.82 Å². The number of hydrogen-bond acceptors (Lipinski definition) is 3. The van der Waals surface area contributed by atoms with E-state index in [0.717, 1.165) is 11.0 Å². The van der Waals surface area contributed by atoms with Gasteiger partial charge in [0.05, 0.1) is 11.7 Å². The summed E-state index contributed by atoms with van der Waals surface area (Å²) < 4.78 is 19.2. The van der Waals surface area contributed by atoms with E-state index in [9.17, 15) is 19.1 Å². The molecule has 5 nitrogen and oxygen atoms in total. The summed E-state index contributed by atoms with van der Waals surface area (Å²) in [6.07, 6.45) is -0.158. The molecule has 1 N–H and O–H groups in total. The lowest BCUT2D eigenvalue weighted by Crippen LogP contribution is -2.41. The first-order valence-corrected chi connectivity index (χ1v) is 6.75. The number of rotatable bonds is 3. The minimum Gasteiger partial charge on any atom is -0.480 e. The SMILES string of the molecule is COC1CC(C(=O)O)N(C(=O)c2c(F)cccc2Br)C1. The van der Waals surface area contributed by atoms with Gasteiger partial charge in [0.2, 0.25) is 0 Å². The van der Waals surface area contributed by atoms with E-state index in [1.54, 1.807) is 0 Å². The van der Waals surface area contributed by atoms with Crippen LogP contribution in [0.5, 0.6) is 0 Å². The molecule has 1 aliphatic rings. The van der Waals surface area contributed by atoms with Gasteiger partial charge in [-0.1, -0.05) is 6.07 Å². The van der Waals surface area contributed by atoms with Crippen molar-refractivity contribution in [2.75, 3.05) is 13.7 Å². The van der Waals surface area contributed by atoms with Gasteiger partial charge in [-0.05, 0) is 28.1 Å². The first kappa shape index (κ1) is 14.9. The predicted octanol–water partition coefficient (Wildman–Crippen LogP) is 1.90. The van der Waals surface area contributed by atoms with Crippen molar-refractivity contribution in [2.24, 2.45) is 0 Å². The van der Waals surface area contributed by atoms with Crippen molar-refractivity contribution in [1.82, 2.24) is 4.90 Å². The number of halogens is 2. The van der Waals surface area contributed by atoms with Crippen LogP contribution in [-0.4, -0.2) is 47.7 Å². The van der Waals surface area contributed by atoms with Gasteiger partial charge in [0.15, 0.2) is 0 Å². The Morgan fingerprint density at radius 2 is 2.20 bits per heavy atom. The molecule has 1 fully saturated rings. The third-order valence-corrected chi connectivity index (χ3v) is 3.98. The molecular formula is C13H13BrFNO4. The number of ether oxygens (including phenoxy) is 1. The Hall–Kier alpha value is -1.47. The normalized spacial score (nSPS) is 22.1. The minimum absolute atomic E-state index is 0.132. The average Bonchev–Trinajstić information content (AvgIpc) is 2.82. The van der Waals surface area contributed by atoms with Gasteiger partial charge in [-0.2, -0.15) is 0 Å². The maximum atomic E-state index is 13.8. The summed E-state index contributed by atoms with van der Waals surface area (Å²) in [4.78, 5) is 24.8. The molecule has 1 aliphatic heterocycles. The van der Waals surface area contributed by atoms with E-state index in [2.05, 4.69) is 15.9 Å². The van der Waals surface area contributed by atoms with Crippen molar-refractivity contribution >= 4 is 27.8 Å². The highest BCUT2D eigenvalue weighted by atomic mass is 79.9. The van der Waals surface area contributed by atoms with E-state index in [1.807, 2.05) is 0 Å². The van der Waals surface area contributed by atoms with E-state index in [-0.39, 0.29) is 24.6 Å². The zero-order valence-corrected chi connectivity index (χ0v) is 12.3. The second-order valence-electron chi connectivity index (χ2n) is 4.50. The van der Waals surface area contributed by atoms with Crippen LogP contribution in [0.25, 0.3) is 0 Å². The van der Waals surface area contributed by atoms with Crippen molar-refractivity contribution in [3.8, 4) is 0 Å². The van der Waals surface area contributed by atoms with Crippen LogP contribution in [0.2, 0.25) is 0 Å². The highest BCUT2D eigenvalue weighted by Gasteiger charge is 2.41. The van der Waals surface area contributed by atoms with Gasteiger partial charge in [0.25, 0.3) is 5.91 Å². The molecule has 0 aromatic heterocycles. The van der Waals surface area contributed by atoms with Gasteiger partial charge < -0.3 is 14.7 Å². The molecule has 2 atom stereocenters. The van der Waals surface area contributed by atoms with Crippen molar-refractivity contribution < 1.29 is 23.8 Å². The summed E-state index contributed by atoms with van der Waals surface area (Å²) in [5, 5.41) is 9.18. The summed E-state index contributed by atoms with van der Waals surface area (Å²) in [5.41, 5.74) is -0.157. The van der Waals surface area contributed by atoms with Crippen LogP contribution in [0.3, 0.4) is 0 Å². The van der Waals surface area contributed by atoms with Crippen molar-refractivity contribution in [1.29, 1.82) is 0 Å². The van der Waals surface area contributed by atoms with E-state index in [4.69, 9.17) is 4.74 Å². The Bertz CT molecular complexity index is 531. The standard InChI is InChI=1S/C13H13BrFNO4/c1-20-7-5-10(13(18)19)16(6-7)12(17)11-8(14)3-2-4-9(11)15/h2-4,7,10H,5-6H2,1H3,(H,18,19). The fourth-order valence-electron chi connectivity index (χ4n) is 2.27. The highest BCUT2D eigenvalue weighted by molar-refractivity contribution is 9.10. The molecule has 7 heteroatoms. The van der Waals surface area contributed by atoms with E-state index >= 15 is 0 Å². The topological polar surface area (TPSA) is 66.8 Å². The number of benzene rings is 1. The molecule has 1 aromatic carbocycles. The summed E-state index contributed by atoms with van der Waals surface area (Å²) in [6, 6.07) is 3.17. The number of carbonyl (C=O) groups excluding carboxylic acids is 1. The van der Waals surface area contributed by atoms with Crippen LogP contribution >= 0.6 is 15.9 Å². The third kappa shape index (κ3) is 2.69. The lowest BCUT2D eigenvalue weighted by molar-refractivity contribution is -0.141. The lowest BCUT2D eigenvalue weighted by Gasteiger charge is -2.22. The number of amides is 1. The van der Waals surface area contributed by atoms with E-state index in [0.29, 0.717) is 4.47 Å². The van der Waals surface area contributed by atoms with Gasteiger partial charge in [0.1, 0.15) is 11.9 Å². The predicted molar refractivity (Wildman–Crippen MR) is 72.0 cm³/mol. The first-order valence-electron chi connectivity index (χ1n) is 5.96. The van der Waals surface area contributed by atoms with Crippen molar-refractivity contribution in [2.45, 2.75) is 18.6 Å². The quantitative estimate of drug-likeness (QED) is 0.908. The van der Waals surface area contributed by atoms with Crippen LogP contribution < -0.4 is 0 Å². The maximum Gasteiger partial charge on any atom is 0.326 e. The zero-order valence-electron chi connectivity index (χ0n) is 10.7. The molecule has 0 aliphatic carbocycles. The largest absolute Gasteiger partial charge is 0.480 e. The molecule has 2 unspecified atom stereocenters. The number of carbonyl (C=O) groups is 2. The van der Waals surface area contributed by atoms with Gasteiger partial charge in [-0.25, -0.2) is 9.18 Å². The van der Waals surface area contributed by atoms with E-state index in [1.165, 1.54) is 19.2 Å². The van der Waals surface area contributed by atoms with Crippen LogP contribution in [0.1, 0.15) is 16.8 Å². The Morgan fingerprint density at radius 1 is 1.50 bits per heavy atom. The van der Waals surface area contributed by atoms with E-state index < -0.39 is 23.7 Å². The molecule has 1 amide bonds. The number of likely N-dealkylation sites (tertiary alicyclic amines) is 1. The molecule has 108 valence electrons. The lowest BCUT2D eigenvalue weighted by atomic mass is 10.1. The summed E-state index contributed by atoms with van der Waals surface area (Å²) in [7, 11) is 1.45. The van der Waals surface area contributed by atoms with Crippen LogP contribution in [0.15, 0.2) is 22.7 Å². The van der Waals surface area contributed by atoms with Crippen LogP contribution in [0.4, 0.5) is 4.39 Å². The highest BCUT2D eigenvalue weighted by Crippen LogP contribution is 2.27. The van der Waals surface area contributed by atoms with Crippen molar-refractivity contribution in [3.05, 3.63) is 34.1 Å². The van der Waals surface area contributed by atoms with Gasteiger partial charge in [-0.3, -0.25) is 4.79 Å². The Balaban J connectivity index is 2.34. The molecule has 0 bridgehead atoms. The molecule has 0 saturated carbocycles. The fraction of sp³-hybridized carbons (Fsp3) is 0.385. The molecule has 0 radical (unpaired) electrons. The number of methoxy groups -OCH3 is 1. The maximum absolute atomic E-state index is 13.8. The molecule has 20 heavy (non-hydrogen) atoms. The number of hydrogen-bond donors (Lipinski definition) is 1. The molecule has 0 spiro atoms. The molecular weight excluding hydrogens is 333 g/mol. The molecule has 1 aromatic rings. The van der Waals surface area contributed by atoms with Gasteiger partial charge in [-0.15, -0.1) is 0 Å². The summed E-state index contributed by atoms with van der Waals surface area (Å²) in [6.45, 7) is 0.132. The van der Waals surface area contributed by atoms with Gasteiger partial charge >= 0.3 is 5.97 Å². The number of aliphatic carboxylic acids is 1. The third-order valence-electron chi connectivity index (χ3n) is 3.32. The average molecular weight is 346 g/mol. The number of carboxylic acid groups (broad SMARTS) is 1. The van der Waals surface area contributed by atoms with Gasteiger partial charge in [0, 0.05) is 24.5 Å². The summed E-state index contributed by atoms with van der Waals surface area (Å²) >= 11 is 3.12. The Labute approximate surface area is 123 Å². The Morgan fingerprint density at radius 3 is 2.75 bits per heavy atom. The zero-order chi connectivity index (χ0) is 14.9. The number of nitrogens with zero attached hydrogens (tertiary/aromatic N) is 1. The first-order chi connectivity index (χ1) is 9.45. The van der Waals surface area contributed by atoms with Crippen LogP contribution in [-0.2, 0) is 9.53 Å². The summed E-state index contributed by atoms with van der Waals surface area (Å²) in [5.74, 6) is -2.46. The number of carboxylic acids is 1. The fourth-order valence-corrected chi connectivity index (χ4v) is 2.78. The Kier molecular flexibility index (Phi) is 4.39.